The molecule has 0 aliphatic heterocycles. The van der Waals surface area contributed by atoms with Crippen molar-refractivity contribution in [3.05, 3.63) is 29.8 Å². The van der Waals surface area contributed by atoms with Crippen LogP contribution in [0.25, 0.3) is 0 Å². The number of hydrogen-bond donors (Lipinski definition) is 0. The third-order valence-corrected chi connectivity index (χ3v) is 2.02. The molecule has 2 nitrogen and oxygen atoms in total. The van der Waals surface area contributed by atoms with Crippen LogP contribution in [0.1, 0.15) is 18.4 Å². The van der Waals surface area contributed by atoms with E-state index in [9.17, 15) is 18.0 Å². The molecule has 0 bridgehead atoms. The second-order valence-corrected chi connectivity index (χ2v) is 3.16. The maximum absolute atomic E-state index is 12.5. The van der Waals surface area contributed by atoms with Gasteiger partial charge in [-0.15, -0.1) is 0 Å². The Bertz CT molecular complexity index is 360. The minimum atomic E-state index is -4.56. The number of ether oxygens (including phenoxy) is 1. The van der Waals surface area contributed by atoms with Crippen molar-refractivity contribution in [3.8, 4) is 5.75 Å². The maximum atomic E-state index is 12.5. The highest BCUT2D eigenvalue weighted by molar-refractivity contribution is 5.64. The van der Waals surface area contributed by atoms with Gasteiger partial charge in [0.1, 0.15) is 18.0 Å². The third kappa shape index (κ3) is 2.98. The smallest absolute Gasteiger partial charge is 0.402 e. The number of alkyl halides is 3. The molecule has 88 valence electrons. The van der Waals surface area contributed by atoms with Crippen molar-refractivity contribution < 1.29 is 22.7 Å². The SMILES string of the molecule is CCOc1cccc(C(C=O)C(F)(F)F)c1. The van der Waals surface area contributed by atoms with E-state index in [1.54, 1.807) is 13.0 Å². The number of carbonyl (C=O) groups excluding carboxylic acids is 1. The van der Waals surface area contributed by atoms with Crippen LogP contribution in [0.15, 0.2) is 24.3 Å². The number of carbonyl (C=O) groups is 1. The zero-order chi connectivity index (χ0) is 12.2. The molecule has 0 radical (unpaired) electrons. The summed E-state index contributed by atoms with van der Waals surface area (Å²) < 4.78 is 42.4. The Balaban J connectivity index is 3.01. The fourth-order valence-corrected chi connectivity index (χ4v) is 1.31. The van der Waals surface area contributed by atoms with Gasteiger partial charge in [-0.05, 0) is 24.6 Å². The standard InChI is InChI=1S/C11H11F3O2/c1-2-16-9-5-3-4-8(6-9)10(7-15)11(12,13)14/h3-7,10H,2H2,1H3. The molecule has 0 fully saturated rings. The minimum Gasteiger partial charge on any atom is -0.494 e. The highest BCUT2D eigenvalue weighted by Crippen LogP contribution is 2.34. The first kappa shape index (κ1) is 12.5. The molecule has 0 heterocycles. The Morgan fingerprint density at radius 3 is 2.62 bits per heavy atom. The molecule has 0 aromatic heterocycles. The molecule has 16 heavy (non-hydrogen) atoms. The van der Waals surface area contributed by atoms with E-state index in [1.807, 2.05) is 0 Å². The van der Waals surface area contributed by atoms with Crippen LogP contribution in [0.5, 0.6) is 5.75 Å². The predicted octanol–water partition coefficient (Wildman–Crippen LogP) is 2.93. The van der Waals surface area contributed by atoms with E-state index >= 15 is 0 Å². The largest absolute Gasteiger partial charge is 0.494 e. The van der Waals surface area contributed by atoms with E-state index < -0.39 is 12.1 Å². The fourth-order valence-electron chi connectivity index (χ4n) is 1.31. The first-order valence-corrected chi connectivity index (χ1v) is 4.73. The zero-order valence-electron chi connectivity index (χ0n) is 8.62. The fraction of sp³-hybridized carbons (Fsp3) is 0.364. The van der Waals surface area contributed by atoms with Crippen LogP contribution in [0, 0.1) is 0 Å². The highest BCUT2D eigenvalue weighted by Gasteiger charge is 2.40. The lowest BCUT2D eigenvalue weighted by atomic mass is 10.00. The Morgan fingerprint density at radius 1 is 1.44 bits per heavy atom. The van der Waals surface area contributed by atoms with E-state index in [-0.39, 0.29) is 11.8 Å². The summed E-state index contributed by atoms with van der Waals surface area (Å²) in [6.07, 6.45) is -4.67. The molecule has 1 aromatic carbocycles. The van der Waals surface area contributed by atoms with Gasteiger partial charge in [-0.2, -0.15) is 13.2 Å². The zero-order valence-corrected chi connectivity index (χ0v) is 8.62. The average molecular weight is 232 g/mol. The van der Waals surface area contributed by atoms with E-state index in [1.165, 1.54) is 18.2 Å². The molecule has 1 aromatic rings. The quantitative estimate of drug-likeness (QED) is 0.746. The molecular formula is C11H11F3O2. The van der Waals surface area contributed by atoms with Gasteiger partial charge in [0.25, 0.3) is 0 Å². The summed E-state index contributed by atoms with van der Waals surface area (Å²) in [6.45, 7) is 2.09. The summed E-state index contributed by atoms with van der Waals surface area (Å²) in [4.78, 5) is 10.5. The summed E-state index contributed by atoms with van der Waals surface area (Å²) in [5, 5.41) is 0. The summed E-state index contributed by atoms with van der Waals surface area (Å²) in [7, 11) is 0. The molecule has 0 aliphatic carbocycles. The van der Waals surface area contributed by atoms with Crippen molar-refractivity contribution in [2.45, 2.75) is 19.0 Å². The lowest BCUT2D eigenvalue weighted by Gasteiger charge is -2.15. The molecule has 5 heteroatoms. The van der Waals surface area contributed by atoms with Crippen LogP contribution in [-0.2, 0) is 4.79 Å². The monoisotopic (exact) mass is 232 g/mol. The molecule has 0 saturated carbocycles. The van der Waals surface area contributed by atoms with Crippen LogP contribution in [0.3, 0.4) is 0 Å². The first-order valence-electron chi connectivity index (χ1n) is 4.73. The minimum absolute atomic E-state index is 0.103. The molecule has 0 saturated heterocycles. The summed E-state index contributed by atoms with van der Waals surface area (Å²) >= 11 is 0. The summed E-state index contributed by atoms with van der Waals surface area (Å²) in [6, 6.07) is 5.47. The normalized spacial score (nSPS) is 13.2. The number of rotatable bonds is 4. The molecule has 1 rings (SSSR count). The van der Waals surface area contributed by atoms with Crippen molar-refractivity contribution in [3.63, 3.8) is 0 Å². The number of benzene rings is 1. The molecule has 0 N–H and O–H groups in total. The average Bonchev–Trinajstić information content (AvgIpc) is 2.17. The summed E-state index contributed by atoms with van der Waals surface area (Å²) in [5.41, 5.74) is -0.103. The topological polar surface area (TPSA) is 26.3 Å². The first-order chi connectivity index (χ1) is 7.49. The van der Waals surface area contributed by atoms with E-state index in [0.29, 0.717) is 12.4 Å². The second kappa shape index (κ2) is 5.01. The molecule has 0 spiro atoms. The van der Waals surface area contributed by atoms with E-state index in [2.05, 4.69) is 0 Å². The highest BCUT2D eigenvalue weighted by atomic mass is 19.4. The van der Waals surface area contributed by atoms with Crippen molar-refractivity contribution >= 4 is 6.29 Å². The van der Waals surface area contributed by atoms with Crippen LogP contribution >= 0.6 is 0 Å². The van der Waals surface area contributed by atoms with Crippen LogP contribution in [0.4, 0.5) is 13.2 Å². The van der Waals surface area contributed by atoms with Gasteiger partial charge < -0.3 is 9.53 Å². The second-order valence-electron chi connectivity index (χ2n) is 3.16. The van der Waals surface area contributed by atoms with E-state index in [4.69, 9.17) is 4.74 Å². The van der Waals surface area contributed by atoms with Crippen molar-refractivity contribution in [1.29, 1.82) is 0 Å². The molecular weight excluding hydrogens is 221 g/mol. The Labute approximate surface area is 91.0 Å². The Morgan fingerprint density at radius 2 is 2.12 bits per heavy atom. The van der Waals surface area contributed by atoms with Gasteiger partial charge in [0.05, 0.1) is 6.61 Å². The van der Waals surface area contributed by atoms with Crippen LogP contribution in [-0.4, -0.2) is 19.1 Å². The third-order valence-electron chi connectivity index (χ3n) is 2.02. The van der Waals surface area contributed by atoms with E-state index in [0.717, 1.165) is 0 Å². The molecule has 1 unspecified atom stereocenters. The number of halogens is 3. The number of aldehydes is 1. The van der Waals surface area contributed by atoms with Crippen LogP contribution in [0.2, 0.25) is 0 Å². The predicted molar refractivity (Wildman–Crippen MR) is 52.5 cm³/mol. The molecule has 1 atom stereocenters. The number of hydrogen-bond acceptors (Lipinski definition) is 2. The molecule has 0 aliphatic rings. The lowest BCUT2D eigenvalue weighted by molar-refractivity contribution is -0.155. The lowest BCUT2D eigenvalue weighted by Crippen LogP contribution is -2.21. The Hall–Kier alpha value is -1.52. The van der Waals surface area contributed by atoms with Crippen molar-refractivity contribution in [2.24, 2.45) is 0 Å². The van der Waals surface area contributed by atoms with Gasteiger partial charge in [-0.1, -0.05) is 12.1 Å². The van der Waals surface area contributed by atoms with Gasteiger partial charge >= 0.3 is 6.18 Å². The summed E-state index contributed by atoms with van der Waals surface area (Å²) in [5.74, 6) is -1.76. The van der Waals surface area contributed by atoms with Crippen molar-refractivity contribution in [2.75, 3.05) is 6.61 Å². The van der Waals surface area contributed by atoms with Gasteiger partial charge in [0.2, 0.25) is 0 Å². The van der Waals surface area contributed by atoms with Gasteiger partial charge in [0.15, 0.2) is 0 Å². The van der Waals surface area contributed by atoms with Crippen molar-refractivity contribution in [1.82, 2.24) is 0 Å². The maximum Gasteiger partial charge on any atom is 0.402 e. The van der Waals surface area contributed by atoms with Gasteiger partial charge in [-0.3, -0.25) is 0 Å². The Kier molecular flexibility index (Phi) is 3.93. The van der Waals surface area contributed by atoms with Gasteiger partial charge in [-0.25, -0.2) is 0 Å². The molecule has 0 amide bonds. The van der Waals surface area contributed by atoms with Crippen LogP contribution < -0.4 is 4.74 Å². The van der Waals surface area contributed by atoms with Gasteiger partial charge in [0, 0.05) is 0 Å².